The Bertz CT molecular complexity index is 89.0. The van der Waals surface area contributed by atoms with Crippen molar-refractivity contribution in [2.75, 3.05) is 13.2 Å². The number of rotatable bonds is 1. The summed E-state index contributed by atoms with van der Waals surface area (Å²) >= 11 is 0. The third kappa shape index (κ3) is 1.62. The largest absolute Gasteiger partial charge is 0.395 e. The minimum atomic E-state index is -0.406. The van der Waals surface area contributed by atoms with Crippen molar-refractivity contribution in [3.63, 3.8) is 0 Å². The van der Waals surface area contributed by atoms with Gasteiger partial charge in [-0.25, -0.2) is 5.43 Å². The van der Waals surface area contributed by atoms with Gasteiger partial charge in [-0.15, -0.1) is 0 Å². The second-order valence-corrected chi connectivity index (χ2v) is 2.22. The first kappa shape index (κ1) is 6.95. The molecule has 0 radical (unpaired) electrons. The Morgan fingerprint density at radius 3 is 2.78 bits per heavy atom. The summed E-state index contributed by atoms with van der Waals surface area (Å²) in [6.07, 6.45) is 0.300. The molecule has 9 heavy (non-hydrogen) atoms. The molecule has 0 amide bonds. The van der Waals surface area contributed by atoms with E-state index < -0.39 is 6.10 Å². The van der Waals surface area contributed by atoms with E-state index >= 15 is 0 Å². The maximum atomic E-state index is 9.11. The van der Waals surface area contributed by atoms with Gasteiger partial charge in [0.1, 0.15) is 0 Å². The SMILES string of the molecule is OC[C@H]1NNCC[C@H]1O. The summed E-state index contributed by atoms with van der Waals surface area (Å²) in [6, 6.07) is -0.196. The van der Waals surface area contributed by atoms with Crippen LogP contribution in [0.2, 0.25) is 0 Å². The number of nitrogens with one attached hydrogen (secondary N) is 2. The van der Waals surface area contributed by atoms with E-state index in [4.69, 9.17) is 10.2 Å². The van der Waals surface area contributed by atoms with Gasteiger partial charge < -0.3 is 10.2 Å². The predicted molar refractivity (Wildman–Crippen MR) is 32.6 cm³/mol. The number of hydrogen-bond acceptors (Lipinski definition) is 4. The normalized spacial score (nSPS) is 36.7. The smallest absolute Gasteiger partial charge is 0.0741 e. The Balaban J connectivity index is 2.30. The molecule has 2 atom stereocenters. The molecule has 0 bridgehead atoms. The van der Waals surface area contributed by atoms with Crippen LogP contribution in [0.1, 0.15) is 6.42 Å². The summed E-state index contributed by atoms with van der Waals surface area (Å²) in [5, 5.41) is 17.7. The lowest BCUT2D eigenvalue weighted by Crippen LogP contribution is -2.55. The molecule has 0 spiro atoms. The van der Waals surface area contributed by atoms with Gasteiger partial charge in [0, 0.05) is 6.54 Å². The summed E-state index contributed by atoms with van der Waals surface area (Å²) in [7, 11) is 0. The Kier molecular flexibility index (Phi) is 2.41. The molecule has 0 unspecified atom stereocenters. The molecule has 0 saturated carbocycles. The van der Waals surface area contributed by atoms with Crippen LogP contribution in [-0.4, -0.2) is 35.5 Å². The zero-order valence-corrected chi connectivity index (χ0v) is 5.17. The van der Waals surface area contributed by atoms with E-state index in [1.165, 1.54) is 0 Å². The van der Waals surface area contributed by atoms with Crippen LogP contribution in [0, 0.1) is 0 Å². The summed E-state index contributed by atoms with van der Waals surface area (Å²) in [5.74, 6) is 0. The minimum Gasteiger partial charge on any atom is -0.395 e. The fourth-order valence-electron chi connectivity index (χ4n) is 0.888. The molecule has 0 aromatic heterocycles. The van der Waals surface area contributed by atoms with Gasteiger partial charge in [-0.05, 0) is 6.42 Å². The average Bonchev–Trinajstić information content (AvgIpc) is 1.89. The van der Waals surface area contributed by atoms with Crippen LogP contribution in [-0.2, 0) is 0 Å². The highest BCUT2D eigenvalue weighted by Crippen LogP contribution is 1.99. The molecular formula is C5H12N2O2. The van der Waals surface area contributed by atoms with E-state index in [9.17, 15) is 0 Å². The fourth-order valence-corrected chi connectivity index (χ4v) is 0.888. The standard InChI is InChI=1S/C5H12N2O2/c8-3-4-5(9)1-2-6-7-4/h4-9H,1-3H2/t4-,5-/m1/s1. The van der Waals surface area contributed by atoms with Crippen LogP contribution >= 0.6 is 0 Å². The van der Waals surface area contributed by atoms with E-state index in [1.54, 1.807) is 0 Å². The molecule has 1 aliphatic heterocycles. The number of aliphatic hydroxyl groups excluding tert-OH is 2. The highest BCUT2D eigenvalue weighted by molar-refractivity contribution is 4.77. The van der Waals surface area contributed by atoms with Crippen LogP contribution < -0.4 is 10.9 Å². The van der Waals surface area contributed by atoms with Crippen molar-refractivity contribution < 1.29 is 10.2 Å². The van der Waals surface area contributed by atoms with Gasteiger partial charge in [0.05, 0.1) is 18.8 Å². The monoisotopic (exact) mass is 132 g/mol. The summed E-state index contributed by atoms with van der Waals surface area (Å²) in [4.78, 5) is 0. The van der Waals surface area contributed by atoms with Crippen molar-refractivity contribution in [3.05, 3.63) is 0 Å². The molecule has 1 saturated heterocycles. The number of hydrogen-bond donors (Lipinski definition) is 4. The Morgan fingerprint density at radius 1 is 1.56 bits per heavy atom. The van der Waals surface area contributed by atoms with Gasteiger partial charge in [-0.3, -0.25) is 5.43 Å². The first-order valence-electron chi connectivity index (χ1n) is 3.12. The number of hydrazine groups is 1. The molecular weight excluding hydrogens is 120 g/mol. The van der Waals surface area contributed by atoms with Gasteiger partial charge in [-0.1, -0.05) is 0 Å². The van der Waals surface area contributed by atoms with Crippen molar-refractivity contribution >= 4 is 0 Å². The molecule has 1 aliphatic rings. The zero-order chi connectivity index (χ0) is 6.69. The Morgan fingerprint density at radius 2 is 2.33 bits per heavy atom. The molecule has 0 aromatic rings. The van der Waals surface area contributed by atoms with Gasteiger partial charge in [0.25, 0.3) is 0 Å². The Labute approximate surface area is 53.9 Å². The summed E-state index contributed by atoms with van der Waals surface area (Å²) < 4.78 is 0. The van der Waals surface area contributed by atoms with E-state index in [-0.39, 0.29) is 12.6 Å². The first-order chi connectivity index (χ1) is 4.34. The van der Waals surface area contributed by atoms with Gasteiger partial charge >= 0.3 is 0 Å². The summed E-state index contributed by atoms with van der Waals surface area (Å²) in [6.45, 7) is 0.742. The van der Waals surface area contributed by atoms with Crippen molar-refractivity contribution in [2.45, 2.75) is 18.6 Å². The molecule has 1 rings (SSSR count). The highest BCUT2D eigenvalue weighted by atomic mass is 16.3. The van der Waals surface area contributed by atoms with Crippen LogP contribution in [0.15, 0.2) is 0 Å². The maximum absolute atomic E-state index is 9.11. The van der Waals surface area contributed by atoms with Crippen molar-refractivity contribution in [1.29, 1.82) is 0 Å². The summed E-state index contributed by atoms with van der Waals surface area (Å²) in [5.41, 5.74) is 5.61. The molecule has 1 heterocycles. The van der Waals surface area contributed by atoms with Crippen LogP contribution in [0.4, 0.5) is 0 Å². The lowest BCUT2D eigenvalue weighted by atomic mass is 10.1. The Hall–Kier alpha value is -0.160. The number of aliphatic hydroxyl groups is 2. The topological polar surface area (TPSA) is 64.5 Å². The van der Waals surface area contributed by atoms with Gasteiger partial charge in [-0.2, -0.15) is 0 Å². The van der Waals surface area contributed by atoms with Crippen molar-refractivity contribution in [1.82, 2.24) is 10.9 Å². The van der Waals surface area contributed by atoms with Crippen LogP contribution in [0.3, 0.4) is 0 Å². The van der Waals surface area contributed by atoms with Crippen LogP contribution in [0.5, 0.6) is 0 Å². The molecule has 0 aliphatic carbocycles. The van der Waals surface area contributed by atoms with E-state index in [0.29, 0.717) is 6.42 Å². The van der Waals surface area contributed by atoms with Crippen molar-refractivity contribution in [2.24, 2.45) is 0 Å². The first-order valence-corrected chi connectivity index (χ1v) is 3.12. The lowest BCUT2D eigenvalue weighted by Gasteiger charge is -2.27. The third-order valence-electron chi connectivity index (χ3n) is 1.51. The quantitative estimate of drug-likeness (QED) is 0.340. The third-order valence-corrected chi connectivity index (χ3v) is 1.51. The zero-order valence-electron chi connectivity index (χ0n) is 5.17. The van der Waals surface area contributed by atoms with Gasteiger partial charge in [0.2, 0.25) is 0 Å². The minimum absolute atomic E-state index is 0.0197. The van der Waals surface area contributed by atoms with E-state index in [0.717, 1.165) is 6.54 Å². The maximum Gasteiger partial charge on any atom is 0.0741 e. The second kappa shape index (κ2) is 3.12. The molecule has 54 valence electrons. The molecule has 4 heteroatoms. The van der Waals surface area contributed by atoms with E-state index in [1.807, 2.05) is 0 Å². The molecule has 4 N–H and O–H groups in total. The fraction of sp³-hybridized carbons (Fsp3) is 1.00. The van der Waals surface area contributed by atoms with E-state index in [2.05, 4.69) is 10.9 Å². The highest BCUT2D eigenvalue weighted by Gasteiger charge is 2.20. The van der Waals surface area contributed by atoms with Gasteiger partial charge in [0.15, 0.2) is 0 Å². The average molecular weight is 132 g/mol. The van der Waals surface area contributed by atoms with Crippen molar-refractivity contribution in [3.8, 4) is 0 Å². The van der Waals surface area contributed by atoms with Crippen LogP contribution in [0.25, 0.3) is 0 Å². The second-order valence-electron chi connectivity index (χ2n) is 2.22. The molecule has 1 fully saturated rings. The lowest BCUT2D eigenvalue weighted by molar-refractivity contribution is 0.0542. The molecule has 4 nitrogen and oxygen atoms in total. The molecule has 0 aromatic carbocycles. The predicted octanol–water partition coefficient (Wildman–Crippen LogP) is -1.79.